The van der Waals surface area contributed by atoms with Crippen LogP contribution in [0.5, 0.6) is 0 Å². The monoisotopic (exact) mass is 199 g/mol. The highest BCUT2D eigenvalue weighted by atomic mass is 32.1. The fraction of sp³-hybridized carbons (Fsp3) is 0.500. The molecule has 1 aromatic heterocycles. The number of likely N-dealkylation sites (N-methyl/N-ethyl adjacent to an activating group) is 1. The average Bonchev–Trinajstić information content (AvgIpc) is 2.55. The Morgan fingerprint density at radius 3 is 3.00 bits per heavy atom. The summed E-state index contributed by atoms with van der Waals surface area (Å²) in [5, 5.41) is 1.92. The first-order valence-corrected chi connectivity index (χ1v) is 4.93. The summed E-state index contributed by atoms with van der Waals surface area (Å²) >= 11 is 1.52. The van der Waals surface area contributed by atoms with Crippen LogP contribution in [-0.4, -0.2) is 28.9 Å². The molecule has 0 aliphatic carbocycles. The zero-order valence-electron chi connectivity index (χ0n) is 7.73. The van der Waals surface area contributed by atoms with Crippen molar-refractivity contribution < 1.29 is 4.79 Å². The van der Waals surface area contributed by atoms with Crippen molar-refractivity contribution in [3.05, 3.63) is 16.6 Å². The topological polar surface area (TPSA) is 59.2 Å². The van der Waals surface area contributed by atoms with Gasteiger partial charge in [-0.3, -0.25) is 4.79 Å². The third kappa shape index (κ3) is 2.78. The number of amides is 1. The van der Waals surface area contributed by atoms with Crippen LogP contribution in [-0.2, 0) is 11.3 Å². The number of hydrogen-bond donors (Lipinski definition) is 1. The molecule has 2 N–H and O–H groups in total. The molecule has 0 aromatic carbocycles. The van der Waals surface area contributed by atoms with E-state index in [4.69, 9.17) is 5.73 Å². The van der Waals surface area contributed by atoms with Gasteiger partial charge in [0.05, 0.1) is 23.8 Å². The van der Waals surface area contributed by atoms with E-state index in [1.165, 1.54) is 11.3 Å². The minimum absolute atomic E-state index is 0.0620. The largest absolute Gasteiger partial charge is 0.338 e. The Morgan fingerprint density at radius 2 is 2.54 bits per heavy atom. The molecule has 0 aliphatic rings. The summed E-state index contributed by atoms with van der Waals surface area (Å²) in [5.74, 6) is -0.0620. The van der Waals surface area contributed by atoms with Crippen molar-refractivity contribution >= 4 is 17.2 Å². The Labute approximate surface area is 81.4 Å². The van der Waals surface area contributed by atoms with Crippen molar-refractivity contribution in [1.82, 2.24) is 9.88 Å². The molecular formula is C8H13N3OS. The second kappa shape index (κ2) is 4.34. The lowest BCUT2D eigenvalue weighted by Crippen LogP contribution is -2.39. The van der Waals surface area contributed by atoms with E-state index in [0.717, 1.165) is 5.69 Å². The molecule has 0 saturated heterocycles. The Morgan fingerprint density at radius 1 is 1.85 bits per heavy atom. The second-order valence-electron chi connectivity index (χ2n) is 2.96. The molecular weight excluding hydrogens is 186 g/mol. The van der Waals surface area contributed by atoms with Gasteiger partial charge in [0.15, 0.2) is 0 Å². The van der Waals surface area contributed by atoms with Crippen LogP contribution in [0.2, 0.25) is 0 Å². The molecule has 1 aromatic rings. The maximum absolute atomic E-state index is 11.3. The number of carbonyl (C=O) groups is 1. The van der Waals surface area contributed by atoms with E-state index >= 15 is 0 Å². The first-order valence-electron chi connectivity index (χ1n) is 3.99. The third-order valence-electron chi connectivity index (χ3n) is 1.65. The molecule has 4 nitrogen and oxygen atoms in total. The van der Waals surface area contributed by atoms with Crippen LogP contribution >= 0.6 is 11.3 Å². The molecule has 0 unspecified atom stereocenters. The lowest BCUT2D eigenvalue weighted by molar-refractivity contribution is -0.131. The maximum atomic E-state index is 11.3. The van der Waals surface area contributed by atoms with Crippen molar-refractivity contribution in [1.29, 1.82) is 0 Å². The van der Waals surface area contributed by atoms with E-state index in [1.807, 2.05) is 5.38 Å². The van der Waals surface area contributed by atoms with Crippen LogP contribution in [0.4, 0.5) is 0 Å². The minimum Gasteiger partial charge on any atom is -0.338 e. The Kier molecular flexibility index (Phi) is 3.39. The van der Waals surface area contributed by atoms with Gasteiger partial charge in [-0.25, -0.2) is 4.98 Å². The zero-order chi connectivity index (χ0) is 9.84. The van der Waals surface area contributed by atoms with Gasteiger partial charge in [0.1, 0.15) is 0 Å². The number of nitrogens with zero attached hydrogens (tertiary/aromatic N) is 2. The summed E-state index contributed by atoms with van der Waals surface area (Å²) in [7, 11) is 1.73. The van der Waals surface area contributed by atoms with Crippen molar-refractivity contribution in [2.75, 3.05) is 7.05 Å². The number of carbonyl (C=O) groups excluding carboxylic acids is 1. The predicted molar refractivity (Wildman–Crippen MR) is 52.2 cm³/mol. The fourth-order valence-electron chi connectivity index (χ4n) is 0.984. The molecule has 0 aliphatic heterocycles. The molecule has 1 atom stereocenters. The molecule has 1 heterocycles. The molecule has 0 fully saturated rings. The van der Waals surface area contributed by atoms with Crippen molar-refractivity contribution in [3.63, 3.8) is 0 Å². The van der Waals surface area contributed by atoms with E-state index in [0.29, 0.717) is 6.54 Å². The van der Waals surface area contributed by atoms with Crippen LogP contribution in [0.15, 0.2) is 10.9 Å². The van der Waals surface area contributed by atoms with Crippen LogP contribution in [0.25, 0.3) is 0 Å². The van der Waals surface area contributed by atoms with E-state index in [9.17, 15) is 4.79 Å². The smallest absolute Gasteiger partial charge is 0.239 e. The van der Waals surface area contributed by atoms with Crippen LogP contribution < -0.4 is 5.73 Å². The number of aromatic nitrogens is 1. The van der Waals surface area contributed by atoms with Gasteiger partial charge < -0.3 is 10.6 Å². The van der Waals surface area contributed by atoms with Gasteiger partial charge in [0.2, 0.25) is 5.91 Å². The predicted octanol–water partition coefficient (Wildman–Crippen LogP) is 0.449. The van der Waals surface area contributed by atoms with Crippen LogP contribution in [0.3, 0.4) is 0 Å². The van der Waals surface area contributed by atoms with Gasteiger partial charge in [-0.1, -0.05) is 0 Å². The van der Waals surface area contributed by atoms with E-state index in [1.54, 1.807) is 24.4 Å². The summed E-state index contributed by atoms with van der Waals surface area (Å²) in [6.45, 7) is 2.21. The Hall–Kier alpha value is -0.940. The van der Waals surface area contributed by atoms with Crippen molar-refractivity contribution in [2.45, 2.75) is 19.5 Å². The maximum Gasteiger partial charge on any atom is 0.239 e. The first-order chi connectivity index (χ1) is 6.11. The zero-order valence-corrected chi connectivity index (χ0v) is 8.54. The quantitative estimate of drug-likeness (QED) is 0.769. The number of nitrogens with two attached hydrogens (primary N) is 1. The number of hydrogen-bond acceptors (Lipinski definition) is 4. The highest BCUT2D eigenvalue weighted by Crippen LogP contribution is 2.04. The van der Waals surface area contributed by atoms with Gasteiger partial charge in [-0.05, 0) is 6.92 Å². The van der Waals surface area contributed by atoms with E-state index in [2.05, 4.69) is 4.98 Å². The summed E-state index contributed by atoms with van der Waals surface area (Å²) in [6.07, 6.45) is 0. The number of thiazole rings is 1. The van der Waals surface area contributed by atoms with E-state index in [-0.39, 0.29) is 5.91 Å². The lowest BCUT2D eigenvalue weighted by atomic mass is 10.3. The van der Waals surface area contributed by atoms with Crippen LogP contribution in [0, 0.1) is 0 Å². The highest BCUT2D eigenvalue weighted by Gasteiger charge is 2.13. The molecule has 72 valence electrons. The summed E-state index contributed by atoms with van der Waals surface area (Å²) < 4.78 is 0. The molecule has 0 radical (unpaired) electrons. The lowest BCUT2D eigenvalue weighted by Gasteiger charge is -2.17. The van der Waals surface area contributed by atoms with Gasteiger partial charge in [0, 0.05) is 12.4 Å². The fourth-order valence-corrected chi connectivity index (χ4v) is 1.53. The van der Waals surface area contributed by atoms with Gasteiger partial charge in [-0.15, -0.1) is 11.3 Å². The normalized spacial score (nSPS) is 12.5. The van der Waals surface area contributed by atoms with Crippen molar-refractivity contribution in [2.24, 2.45) is 5.73 Å². The minimum atomic E-state index is -0.441. The van der Waals surface area contributed by atoms with Crippen LogP contribution in [0.1, 0.15) is 12.6 Å². The highest BCUT2D eigenvalue weighted by molar-refractivity contribution is 7.07. The second-order valence-corrected chi connectivity index (χ2v) is 3.68. The third-order valence-corrected chi connectivity index (χ3v) is 2.28. The summed E-state index contributed by atoms with van der Waals surface area (Å²) in [6, 6.07) is -0.441. The molecule has 1 amide bonds. The molecule has 0 spiro atoms. The molecule has 0 saturated carbocycles. The molecule has 13 heavy (non-hydrogen) atoms. The van der Waals surface area contributed by atoms with Crippen molar-refractivity contribution in [3.8, 4) is 0 Å². The van der Waals surface area contributed by atoms with E-state index < -0.39 is 6.04 Å². The van der Waals surface area contributed by atoms with Gasteiger partial charge in [-0.2, -0.15) is 0 Å². The van der Waals surface area contributed by atoms with Gasteiger partial charge in [0.25, 0.3) is 0 Å². The SMILES string of the molecule is C[C@@H](N)C(=O)N(C)Cc1cscn1. The Balaban J connectivity index is 2.51. The molecule has 0 bridgehead atoms. The summed E-state index contributed by atoms with van der Waals surface area (Å²) in [4.78, 5) is 17.0. The summed E-state index contributed by atoms with van der Waals surface area (Å²) in [5.41, 5.74) is 8.11. The first kappa shape index (κ1) is 10.1. The molecule has 1 rings (SSSR count). The Bertz CT molecular complexity index is 271. The number of rotatable bonds is 3. The van der Waals surface area contributed by atoms with Gasteiger partial charge >= 0.3 is 0 Å². The standard InChI is InChI=1S/C8H13N3OS/c1-6(9)8(12)11(2)3-7-4-13-5-10-7/h4-6H,3,9H2,1-2H3/t6-/m1/s1. The molecule has 5 heteroatoms. The average molecular weight is 199 g/mol.